The van der Waals surface area contributed by atoms with Crippen molar-refractivity contribution in [3.8, 4) is 0 Å². The van der Waals surface area contributed by atoms with Gasteiger partial charge in [-0.1, -0.05) is 11.6 Å². The summed E-state index contributed by atoms with van der Waals surface area (Å²) in [4.78, 5) is 4.28. The Kier molecular flexibility index (Phi) is 3.81. The quantitative estimate of drug-likeness (QED) is 0.929. The van der Waals surface area contributed by atoms with Crippen LogP contribution in [0.5, 0.6) is 0 Å². The molecule has 2 aromatic heterocycles. The van der Waals surface area contributed by atoms with Crippen LogP contribution >= 0.6 is 22.9 Å². The second-order valence-electron chi connectivity index (χ2n) is 3.94. The monoisotopic (exact) mass is 270 g/mol. The van der Waals surface area contributed by atoms with Gasteiger partial charge in [0.15, 0.2) is 0 Å². The molecule has 17 heavy (non-hydrogen) atoms. The van der Waals surface area contributed by atoms with Crippen molar-refractivity contribution in [2.75, 3.05) is 0 Å². The highest BCUT2D eigenvalue weighted by Crippen LogP contribution is 2.21. The summed E-state index contributed by atoms with van der Waals surface area (Å²) in [6, 6.07) is 0.223. The molecular weight excluding hydrogens is 256 g/mol. The maximum Gasteiger partial charge on any atom is 0.109 e. The summed E-state index contributed by atoms with van der Waals surface area (Å²) >= 11 is 7.84. The predicted octanol–water partition coefficient (Wildman–Crippen LogP) is 2.69. The molecule has 0 radical (unpaired) electrons. The second-order valence-corrected chi connectivity index (χ2v) is 5.25. The van der Waals surface area contributed by atoms with Crippen LogP contribution in [-0.2, 0) is 13.6 Å². The van der Waals surface area contributed by atoms with Gasteiger partial charge in [0, 0.05) is 25.2 Å². The van der Waals surface area contributed by atoms with E-state index >= 15 is 0 Å². The van der Waals surface area contributed by atoms with Gasteiger partial charge in [0.25, 0.3) is 0 Å². The van der Waals surface area contributed by atoms with Gasteiger partial charge in [0.1, 0.15) is 5.01 Å². The van der Waals surface area contributed by atoms with E-state index in [1.54, 1.807) is 11.3 Å². The average Bonchev–Trinajstić information content (AvgIpc) is 2.88. The molecule has 1 unspecified atom stereocenters. The van der Waals surface area contributed by atoms with E-state index in [0.717, 1.165) is 21.4 Å². The van der Waals surface area contributed by atoms with Gasteiger partial charge in [-0.25, -0.2) is 4.98 Å². The summed E-state index contributed by atoms with van der Waals surface area (Å²) in [5.74, 6) is 0. The lowest BCUT2D eigenvalue weighted by Crippen LogP contribution is -2.19. The van der Waals surface area contributed by atoms with Gasteiger partial charge in [-0.15, -0.1) is 11.3 Å². The van der Waals surface area contributed by atoms with Gasteiger partial charge in [0.2, 0.25) is 0 Å². The molecule has 0 aliphatic rings. The van der Waals surface area contributed by atoms with Gasteiger partial charge in [0.05, 0.1) is 22.5 Å². The van der Waals surface area contributed by atoms with Crippen molar-refractivity contribution in [3.63, 3.8) is 0 Å². The highest BCUT2D eigenvalue weighted by molar-refractivity contribution is 7.09. The lowest BCUT2D eigenvalue weighted by Gasteiger charge is -2.11. The molecule has 2 aromatic rings. The zero-order chi connectivity index (χ0) is 12.4. The fourth-order valence-electron chi connectivity index (χ4n) is 1.66. The van der Waals surface area contributed by atoms with Gasteiger partial charge in [-0.2, -0.15) is 5.10 Å². The minimum atomic E-state index is 0.223. The number of hydrogen-bond acceptors (Lipinski definition) is 4. The fourth-order valence-corrected chi connectivity index (χ4v) is 2.55. The standard InChI is InChI=1S/C11H15ClN4S/c1-7-10(12)9(16(3)15-7)6-14-8(2)11-13-4-5-17-11/h4-5,8,14H,6H2,1-3H3. The molecule has 4 nitrogen and oxygen atoms in total. The van der Waals surface area contributed by atoms with Crippen molar-refractivity contribution in [2.24, 2.45) is 7.05 Å². The molecule has 2 heterocycles. The highest BCUT2D eigenvalue weighted by Gasteiger charge is 2.13. The number of aromatic nitrogens is 3. The van der Waals surface area contributed by atoms with Gasteiger partial charge in [-0.05, 0) is 13.8 Å². The summed E-state index contributed by atoms with van der Waals surface area (Å²) in [7, 11) is 1.91. The zero-order valence-electron chi connectivity index (χ0n) is 10.1. The van der Waals surface area contributed by atoms with Crippen molar-refractivity contribution < 1.29 is 0 Å². The Balaban J connectivity index is 2.03. The topological polar surface area (TPSA) is 42.7 Å². The molecule has 1 atom stereocenters. The Morgan fingerprint density at radius 1 is 1.59 bits per heavy atom. The number of nitrogens with zero attached hydrogens (tertiary/aromatic N) is 3. The Morgan fingerprint density at radius 3 is 2.88 bits per heavy atom. The van der Waals surface area contributed by atoms with Crippen LogP contribution in [0.4, 0.5) is 0 Å². The summed E-state index contributed by atoms with van der Waals surface area (Å²) < 4.78 is 1.82. The largest absolute Gasteiger partial charge is 0.302 e. The highest BCUT2D eigenvalue weighted by atomic mass is 35.5. The van der Waals surface area contributed by atoms with E-state index in [1.807, 2.05) is 30.2 Å². The van der Waals surface area contributed by atoms with Crippen molar-refractivity contribution in [2.45, 2.75) is 26.4 Å². The molecule has 0 bridgehead atoms. The Morgan fingerprint density at radius 2 is 2.35 bits per heavy atom. The lowest BCUT2D eigenvalue weighted by atomic mass is 10.3. The molecule has 1 N–H and O–H groups in total. The molecule has 0 saturated heterocycles. The average molecular weight is 271 g/mol. The molecular formula is C11H15ClN4S. The minimum absolute atomic E-state index is 0.223. The summed E-state index contributed by atoms with van der Waals surface area (Å²) in [5, 5.41) is 11.5. The number of rotatable bonds is 4. The number of aryl methyl sites for hydroxylation is 2. The normalized spacial score (nSPS) is 12.9. The molecule has 2 rings (SSSR count). The number of hydrogen-bond donors (Lipinski definition) is 1. The predicted molar refractivity (Wildman–Crippen MR) is 70.3 cm³/mol. The van der Waals surface area contributed by atoms with Crippen LogP contribution in [0.25, 0.3) is 0 Å². The van der Waals surface area contributed by atoms with Crippen molar-refractivity contribution >= 4 is 22.9 Å². The van der Waals surface area contributed by atoms with Crippen LogP contribution in [0.2, 0.25) is 5.02 Å². The van der Waals surface area contributed by atoms with Crippen molar-refractivity contribution in [1.82, 2.24) is 20.1 Å². The lowest BCUT2D eigenvalue weighted by molar-refractivity contribution is 0.546. The molecule has 0 aliphatic heterocycles. The first-order valence-electron chi connectivity index (χ1n) is 5.40. The van der Waals surface area contributed by atoms with E-state index in [4.69, 9.17) is 11.6 Å². The molecule has 6 heteroatoms. The van der Waals surface area contributed by atoms with Crippen LogP contribution in [0, 0.1) is 6.92 Å². The molecule has 0 saturated carbocycles. The van der Waals surface area contributed by atoms with Gasteiger partial charge in [-0.3, -0.25) is 4.68 Å². The first kappa shape index (κ1) is 12.5. The van der Waals surface area contributed by atoms with E-state index in [9.17, 15) is 0 Å². The maximum absolute atomic E-state index is 6.19. The Hall–Kier alpha value is -0.910. The van der Waals surface area contributed by atoms with Gasteiger partial charge < -0.3 is 5.32 Å². The summed E-state index contributed by atoms with van der Waals surface area (Å²) in [5.41, 5.74) is 1.88. The first-order valence-corrected chi connectivity index (χ1v) is 6.66. The van der Waals surface area contributed by atoms with Gasteiger partial charge >= 0.3 is 0 Å². The van der Waals surface area contributed by atoms with E-state index in [0.29, 0.717) is 6.54 Å². The van der Waals surface area contributed by atoms with E-state index in [1.165, 1.54) is 0 Å². The molecule has 0 spiro atoms. The third kappa shape index (κ3) is 2.68. The number of halogens is 1. The molecule has 0 fully saturated rings. The molecule has 0 aliphatic carbocycles. The zero-order valence-corrected chi connectivity index (χ0v) is 11.6. The Labute approximate surface area is 110 Å². The fraction of sp³-hybridized carbons (Fsp3) is 0.455. The van der Waals surface area contributed by atoms with Crippen LogP contribution in [0.15, 0.2) is 11.6 Å². The SMILES string of the molecule is Cc1nn(C)c(CNC(C)c2nccs2)c1Cl. The summed E-state index contributed by atoms with van der Waals surface area (Å²) in [6.07, 6.45) is 1.82. The smallest absolute Gasteiger partial charge is 0.109 e. The summed E-state index contributed by atoms with van der Waals surface area (Å²) in [6.45, 7) is 4.70. The molecule has 0 amide bonds. The molecule has 0 aromatic carbocycles. The minimum Gasteiger partial charge on any atom is -0.302 e. The van der Waals surface area contributed by atoms with Crippen LogP contribution in [0.1, 0.15) is 29.4 Å². The number of nitrogens with one attached hydrogen (secondary N) is 1. The Bertz CT molecular complexity index is 492. The van der Waals surface area contributed by atoms with Crippen LogP contribution in [0.3, 0.4) is 0 Å². The van der Waals surface area contributed by atoms with Crippen molar-refractivity contribution in [3.05, 3.63) is 33.0 Å². The van der Waals surface area contributed by atoms with E-state index in [2.05, 4.69) is 22.3 Å². The first-order chi connectivity index (χ1) is 8.09. The molecule has 92 valence electrons. The maximum atomic E-state index is 6.19. The third-order valence-electron chi connectivity index (χ3n) is 2.66. The third-order valence-corrected chi connectivity index (χ3v) is 4.11. The van der Waals surface area contributed by atoms with Crippen LogP contribution < -0.4 is 5.32 Å². The number of thiazole rings is 1. The van der Waals surface area contributed by atoms with E-state index < -0.39 is 0 Å². The second kappa shape index (κ2) is 5.16. The van der Waals surface area contributed by atoms with Crippen LogP contribution in [-0.4, -0.2) is 14.8 Å². The van der Waals surface area contributed by atoms with E-state index in [-0.39, 0.29) is 6.04 Å². The van der Waals surface area contributed by atoms with Crippen molar-refractivity contribution in [1.29, 1.82) is 0 Å².